The van der Waals surface area contributed by atoms with Gasteiger partial charge >= 0.3 is 17.9 Å². The van der Waals surface area contributed by atoms with Crippen LogP contribution in [0.15, 0.2) is 72.9 Å². The maximum Gasteiger partial charge on any atom is 0.306 e. The van der Waals surface area contributed by atoms with Crippen LogP contribution in [-0.4, -0.2) is 37.2 Å². The normalized spacial score (nSPS) is 12.7. The number of rotatable bonds is 43. The van der Waals surface area contributed by atoms with Crippen LogP contribution in [0.1, 0.15) is 226 Å². The van der Waals surface area contributed by atoms with E-state index in [0.29, 0.717) is 19.3 Å². The van der Waals surface area contributed by atoms with Crippen molar-refractivity contribution in [2.45, 2.75) is 232 Å². The molecule has 0 aliphatic heterocycles. The number of carbonyl (C=O) groups is 3. The molecule has 6 heteroatoms. The third-order valence-electron chi connectivity index (χ3n) is 10.2. The second-order valence-electron chi connectivity index (χ2n) is 16.0. The second kappa shape index (κ2) is 47.5. The molecule has 0 fully saturated rings. The Labute approximate surface area is 363 Å². The van der Waals surface area contributed by atoms with Gasteiger partial charge in [0.05, 0.1) is 0 Å². The SMILES string of the molecule is CC/C=C\C/C=C\CCCCCCCCCC(=O)OC(COC(=O)CCC/C=C\C/C=C\C/C=C\C/C=C\CCCCC)COC(=O)CCCCCCCCCCCC. The van der Waals surface area contributed by atoms with Crippen LogP contribution in [-0.2, 0) is 28.6 Å². The summed E-state index contributed by atoms with van der Waals surface area (Å²) in [6.07, 6.45) is 58.9. The predicted molar refractivity (Wildman–Crippen MR) is 251 cm³/mol. The Hall–Kier alpha value is -3.15. The molecule has 0 aliphatic rings. The van der Waals surface area contributed by atoms with Crippen LogP contribution in [0.2, 0.25) is 0 Å². The first-order valence-electron chi connectivity index (χ1n) is 24.4. The first-order valence-corrected chi connectivity index (χ1v) is 24.4. The van der Waals surface area contributed by atoms with Crippen LogP contribution < -0.4 is 0 Å². The molecule has 0 heterocycles. The number of esters is 3. The van der Waals surface area contributed by atoms with Crippen LogP contribution in [0, 0.1) is 0 Å². The van der Waals surface area contributed by atoms with Crippen molar-refractivity contribution >= 4 is 17.9 Å². The summed E-state index contributed by atoms with van der Waals surface area (Å²) in [5, 5.41) is 0. The lowest BCUT2D eigenvalue weighted by molar-refractivity contribution is -0.167. The highest BCUT2D eigenvalue weighted by Gasteiger charge is 2.19. The largest absolute Gasteiger partial charge is 0.462 e. The van der Waals surface area contributed by atoms with Crippen molar-refractivity contribution < 1.29 is 28.6 Å². The van der Waals surface area contributed by atoms with E-state index in [1.807, 2.05) is 0 Å². The van der Waals surface area contributed by atoms with E-state index in [9.17, 15) is 14.4 Å². The molecule has 1 unspecified atom stereocenters. The minimum Gasteiger partial charge on any atom is -0.462 e. The van der Waals surface area contributed by atoms with Gasteiger partial charge in [-0.15, -0.1) is 0 Å². The maximum atomic E-state index is 12.7. The van der Waals surface area contributed by atoms with Crippen LogP contribution in [0.5, 0.6) is 0 Å². The molecule has 0 aromatic heterocycles. The van der Waals surface area contributed by atoms with Crippen molar-refractivity contribution in [3.63, 3.8) is 0 Å². The molecule has 0 saturated carbocycles. The van der Waals surface area contributed by atoms with Gasteiger partial charge in [-0.2, -0.15) is 0 Å². The number of hydrogen-bond acceptors (Lipinski definition) is 6. The molecule has 6 nitrogen and oxygen atoms in total. The Morgan fingerprint density at radius 3 is 1.14 bits per heavy atom. The summed E-state index contributed by atoms with van der Waals surface area (Å²) in [5.74, 6) is -0.965. The average Bonchev–Trinajstić information content (AvgIpc) is 3.23. The van der Waals surface area contributed by atoms with Crippen LogP contribution in [0.4, 0.5) is 0 Å². The van der Waals surface area contributed by atoms with Crippen molar-refractivity contribution in [2.24, 2.45) is 0 Å². The topological polar surface area (TPSA) is 78.9 Å². The van der Waals surface area contributed by atoms with Gasteiger partial charge in [0.1, 0.15) is 13.2 Å². The lowest BCUT2D eigenvalue weighted by Crippen LogP contribution is -2.30. The molecule has 0 rings (SSSR count). The number of allylic oxidation sites excluding steroid dienone is 12. The molecular weight excluding hydrogens is 733 g/mol. The van der Waals surface area contributed by atoms with Gasteiger partial charge in [-0.1, -0.05) is 196 Å². The molecule has 0 aromatic carbocycles. The molecule has 0 radical (unpaired) electrons. The summed E-state index contributed by atoms with van der Waals surface area (Å²) in [4.78, 5) is 37.8. The Morgan fingerprint density at radius 2 is 0.678 bits per heavy atom. The second-order valence-corrected chi connectivity index (χ2v) is 16.0. The highest BCUT2D eigenvalue weighted by Crippen LogP contribution is 2.14. The lowest BCUT2D eigenvalue weighted by Gasteiger charge is -2.18. The molecule has 0 aromatic rings. The van der Waals surface area contributed by atoms with Gasteiger partial charge in [-0.25, -0.2) is 0 Å². The minimum atomic E-state index is -0.798. The summed E-state index contributed by atoms with van der Waals surface area (Å²) in [5.41, 5.74) is 0. The molecule has 0 spiro atoms. The van der Waals surface area contributed by atoms with Crippen molar-refractivity contribution in [3.8, 4) is 0 Å². The Kier molecular flexibility index (Phi) is 45.0. The fourth-order valence-electron chi connectivity index (χ4n) is 6.53. The van der Waals surface area contributed by atoms with Crippen molar-refractivity contribution in [1.29, 1.82) is 0 Å². The lowest BCUT2D eigenvalue weighted by atomic mass is 10.1. The molecule has 0 saturated heterocycles. The highest BCUT2D eigenvalue weighted by atomic mass is 16.6. The monoisotopic (exact) mass is 823 g/mol. The zero-order valence-electron chi connectivity index (χ0n) is 38.5. The van der Waals surface area contributed by atoms with Gasteiger partial charge in [0.25, 0.3) is 0 Å². The maximum absolute atomic E-state index is 12.7. The average molecular weight is 823 g/mol. The van der Waals surface area contributed by atoms with E-state index in [-0.39, 0.29) is 37.5 Å². The Morgan fingerprint density at radius 1 is 0.356 bits per heavy atom. The van der Waals surface area contributed by atoms with Gasteiger partial charge in [-0.05, 0) is 83.5 Å². The predicted octanol–water partition coefficient (Wildman–Crippen LogP) is 15.9. The smallest absolute Gasteiger partial charge is 0.306 e. The number of unbranched alkanes of at least 4 members (excludes halogenated alkanes) is 20. The zero-order valence-corrected chi connectivity index (χ0v) is 38.5. The summed E-state index contributed by atoms with van der Waals surface area (Å²) in [6.45, 7) is 6.43. The molecular formula is C53H90O6. The summed E-state index contributed by atoms with van der Waals surface area (Å²) < 4.78 is 16.7. The number of ether oxygens (including phenoxy) is 3. The van der Waals surface area contributed by atoms with Gasteiger partial charge in [-0.3, -0.25) is 14.4 Å². The van der Waals surface area contributed by atoms with Crippen molar-refractivity contribution in [2.75, 3.05) is 13.2 Å². The first-order chi connectivity index (χ1) is 29.0. The van der Waals surface area contributed by atoms with Crippen molar-refractivity contribution in [3.05, 3.63) is 72.9 Å². The standard InChI is InChI=1S/C53H90O6/c1-4-7-10-13-16-19-22-24-26-27-28-30-31-34-37-40-43-46-52(55)58-49-50(48-57-51(54)45-42-39-36-33-21-18-15-12-9-6-3)59-53(56)47-44-41-38-35-32-29-25-23-20-17-14-11-8-5-2/h8,11,16-17,19-20,24,26,28,30,34,37,50H,4-7,9-10,12-15,18,21-23,25,27,29,31-33,35-36,38-49H2,1-3H3/b11-8-,19-16-,20-17-,26-24-,30-28-,37-34-. The third kappa shape index (κ3) is 45.8. The Bertz CT molecular complexity index is 1130. The van der Waals surface area contributed by atoms with E-state index in [4.69, 9.17) is 14.2 Å². The van der Waals surface area contributed by atoms with E-state index in [2.05, 4.69) is 93.7 Å². The highest BCUT2D eigenvalue weighted by molar-refractivity contribution is 5.71. The molecule has 0 aliphatic carbocycles. The minimum absolute atomic E-state index is 0.0948. The Balaban J connectivity index is 4.46. The molecule has 338 valence electrons. The van der Waals surface area contributed by atoms with E-state index in [0.717, 1.165) is 83.5 Å². The summed E-state index contributed by atoms with van der Waals surface area (Å²) in [7, 11) is 0. The number of carbonyl (C=O) groups excluding carboxylic acids is 3. The van der Waals surface area contributed by atoms with Crippen LogP contribution in [0.3, 0.4) is 0 Å². The quantitative estimate of drug-likeness (QED) is 0.0264. The molecule has 1 atom stereocenters. The van der Waals surface area contributed by atoms with E-state index >= 15 is 0 Å². The van der Waals surface area contributed by atoms with Gasteiger partial charge in [0.2, 0.25) is 0 Å². The van der Waals surface area contributed by atoms with E-state index < -0.39 is 6.10 Å². The van der Waals surface area contributed by atoms with E-state index in [1.165, 1.54) is 96.3 Å². The fourth-order valence-corrected chi connectivity index (χ4v) is 6.53. The third-order valence-corrected chi connectivity index (χ3v) is 10.2. The summed E-state index contributed by atoms with van der Waals surface area (Å²) >= 11 is 0. The van der Waals surface area contributed by atoms with Crippen LogP contribution in [0.25, 0.3) is 0 Å². The van der Waals surface area contributed by atoms with Gasteiger partial charge < -0.3 is 14.2 Å². The molecule has 59 heavy (non-hydrogen) atoms. The van der Waals surface area contributed by atoms with Gasteiger partial charge in [0.15, 0.2) is 6.10 Å². The molecule has 0 bridgehead atoms. The summed E-state index contributed by atoms with van der Waals surface area (Å²) in [6, 6.07) is 0. The zero-order chi connectivity index (χ0) is 43.0. The number of hydrogen-bond donors (Lipinski definition) is 0. The van der Waals surface area contributed by atoms with Crippen LogP contribution >= 0.6 is 0 Å². The van der Waals surface area contributed by atoms with E-state index in [1.54, 1.807) is 0 Å². The first kappa shape index (κ1) is 55.9. The molecule has 0 amide bonds. The van der Waals surface area contributed by atoms with Gasteiger partial charge in [0, 0.05) is 19.3 Å². The molecule has 0 N–H and O–H groups in total. The fraction of sp³-hybridized carbons (Fsp3) is 0.717. The van der Waals surface area contributed by atoms with Crippen molar-refractivity contribution in [1.82, 2.24) is 0 Å².